The van der Waals surface area contributed by atoms with Gasteiger partial charge in [-0.05, 0) is 56.6 Å². The zero-order valence-corrected chi connectivity index (χ0v) is 22.6. The van der Waals surface area contributed by atoms with Crippen molar-refractivity contribution < 1.29 is 0 Å². The standard InChI is InChI=1S/C31H26.C3H8.C2H6/c1-4-7-9-14-23-19-21-25(22-20-23)31-27(6-3)26(5-2)30(24-15-10-8-11-16-24)28-17-12-13-18-29(28)31;1-3-2;1-2/h4-22H,2-3H2,1H3;3H2,1-2H3;1-2H3/b7-4-,14-9-;;. The van der Waals surface area contributed by atoms with E-state index in [0.717, 1.165) is 11.1 Å². The zero-order valence-electron chi connectivity index (χ0n) is 22.6. The van der Waals surface area contributed by atoms with E-state index in [1.807, 2.05) is 51.1 Å². The third-order valence-corrected chi connectivity index (χ3v) is 5.56. The van der Waals surface area contributed by atoms with E-state index >= 15 is 0 Å². The van der Waals surface area contributed by atoms with E-state index in [9.17, 15) is 0 Å². The molecule has 0 heterocycles. The van der Waals surface area contributed by atoms with Gasteiger partial charge in [0.2, 0.25) is 0 Å². The van der Waals surface area contributed by atoms with Gasteiger partial charge in [-0.2, -0.15) is 0 Å². The molecule has 0 aliphatic heterocycles. The molecule has 0 saturated heterocycles. The average molecular weight is 473 g/mol. The van der Waals surface area contributed by atoms with Gasteiger partial charge in [0, 0.05) is 0 Å². The molecule has 0 spiro atoms. The molecule has 0 atom stereocenters. The van der Waals surface area contributed by atoms with Crippen molar-refractivity contribution in [2.75, 3.05) is 0 Å². The highest BCUT2D eigenvalue weighted by Crippen LogP contribution is 2.43. The van der Waals surface area contributed by atoms with Crippen LogP contribution in [0.4, 0.5) is 0 Å². The van der Waals surface area contributed by atoms with Crippen LogP contribution in [0, 0.1) is 0 Å². The molecule has 0 heteroatoms. The Balaban J connectivity index is 0.000000850. The molecule has 0 bridgehead atoms. The molecule has 4 aromatic carbocycles. The van der Waals surface area contributed by atoms with Crippen molar-refractivity contribution in [2.45, 2.75) is 41.0 Å². The van der Waals surface area contributed by atoms with Crippen molar-refractivity contribution in [1.29, 1.82) is 0 Å². The van der Waals surface area contributed by atoms with Crippen molar-refractivity contribution >= 4 is 29.0 Å². The van der Waals surface area contributed by atoms with Gasteiger partial charge in [0.05, 0.1) is 0 Å². The summed E-state index contributed by atoms with van der Waals surface area (Å²) in [5, 5.41) is 2.44. The minimum Gasteiger partial charge on any atom is -0.0984 e. The third-order valence-electron chi connectivity index (χ3n) is 5.56. The Hall–Kier alpha value is -3.90. The first-order chi connectivity index (χ1) is 17.7. The van der Waals surface area contributed by atoms with Gasteiger partial charge < -0.3 is 0 Å². The molecule has 0 N–H and O–H groups in total. The van der Waals surface area contributed by atoms with Crippen LogP contribution in [0.5, 0.6) is 0 Å². The number of benzene rings is 4. The number of hydrogen-bond donors (Lipinski definition) is 0. The lowest BCUT2D eigenvalue weighted by Crippen LogP contribution is -1.96. The summed E-state index contributed by atoms with van der Waals surface area (Å²) < 4.78 is 0. The number of allylic oxidation sites excluding steroid dienone is 3. The predicted octanol–water partition coefficient (Wildman–Crippen LogP) is 11.5. The van der Waals surface area contributed by atoms with Crippen LogP contribution in [0.3, 0.4) is 0 Å². The summed E-state index contributed by atoms with van der Waals surface area (Å²) >= 11 is 0. The molecular weight excluding hydrogens is 432 g/mol. The van der Waals surface area contributed by atoms with Crippen molar-refractivity contribution in [2.24, 2.45) is 0 Å². The maximum Gasteiger partial charge on any atom is -0.00266 e. The van der Waals surface area contributed by atoms with Crippen molar-refractivity contribution in [3.63, 3.8) is 0 Å². The summed E-state index contributed by atoms with van der Waals surface area (Å²) in [6.45, 7) is 18.6. The maximum atomic E-state index is 4.17. The van der Waals surface area contributed by atoms with Crippen LogP contribution in [0.15, 0.2) is 110 Å². The minimum absolute atomic E-state index is 1.12. The molecule has 0 aromatic heterocycles. The SMILES string of the molecule is C=Cc1c(C=C)c(-c2ccc(/C=C\C=C/C)cc2)c2ccccc2c1-c1ccccc1.CC.CCC. The fraction of sp³-hybridized carbons (Fsp3) is 0.167. The monoisotopic (exact) mass is 472 g/mol. The Kier molecular flexibility index (Phi) is 11.9. The van der Waals surface area contributed by atoms with E-state index in [1.165, 1.54) is 45.0 Å². The molecule has 0 amide bonds. The number of hydrogen-bond acceptors (Lipinski definition) is 0. The summed E-state index contributed by atoms with van der Waals surface area (Å²) in [6, 6.07) is 27.9. The molecule has 0 aliphatic rings. The van der Waals surface area contributed by atoms with Crippen LogP contribution in [-0.4, -0.2) is 0 Å². The van der Waals surface area contributed by atoms with Gasteiger partial charge in [0.25, 0.3) is 0 Å². The van der Waals surface area contributed by atoms with Gasteiger partial charge in [0.1, 0.15) is 0 Å². The molecule has 0 radical (unpaired) electrons. The van der Waals surface area contributed by atoms with Gasteiger partial charge >= 0.3 is 0 Å². The van der Waals surface area contributed by atoms with Gasteiger partial charge in [-0.3, -0.25) is 0 Å². The molecule has 4 aromatic rings. The molecule has 184 valence electrons. The largest absolute Gasteiger partial charge is 0.0984 e. The third kappa shape index (κ3) is 6.61. The Morgan fingerprint density at radius 1 is 0.611 bits per heavy atom. The first-order valence-corrected chi connectivity index (χ1v) is 13.0. The maximum absolute atomic E-state index is 4.17. The predicted molar refractivity (Wildman–Crippen MR) is 166 cm³/mol. The molecule has 0 nitrogen and oxygen atoms in total. The smallest absolute Gasteiger partial charge is 0.00266 e. The summed E-state index contributed by atoms with van der Waals surface area (Å²) in [4.78, 5) is 0. The van der Waals surface area contributed by atoms with Crippen LogP contribution in [-0.2, 0) is 0 Å². The summed E-state index contributed by atoms with van der Waals surface area (Å²) in [7, 11) is 0. The van der Waals surface area contributed by atoms with Crippen LogP contribution in [0.2, 0.25) is 0 Å². The van der Waals surface area contributed by atoms with Gasteiger partial charge in [0.15, 0.2) is 0 Å². The molecule has 4 rings (SSSR count). The number of rotatable bonds is 6. The van der Waals surface area contributed by atoms with Crippen LogP contribution >= 0.6 is 0 Å². The highest BCUT2D eigenvalue weighted by molar-refractivity contribution is 6.11. The first kappa shape index (κ1) is 28.3. The Morgan fingerprint density at radius 2 is 1.06 bits per heavy atom. The van der Waals surface area contributed by atoms with E-state index in [-0.39, 0.29) is 0 Å². The molecule has 0 aliphatic carbocycles. The van der Waals surface area contributed by atoms with E-state index in [4.69, 9.17) is 0 Å². The van der Waals surface area contributed by atoms with Crippen LogP contribution in [0.1, 0.15) is 57.7 Å². The highest BCUT2D eigenvalue weighted by Gasteiger charge is 2.18. The fourth-order valence-electron chi connectivity index (χ4n) is 4.17. The second-order valence-electron chi connectivity index (χ2n) is 8.11. The summed E-state index contributed by atoms with van der Waals surface area (Å²) in [6.07, 6.45) is 13.4. The van der Waals surface area contributed by atoms with Gasteiger partial charge in [-0.25, -0.2) is 0 Å². The quantitative estimate of drug-likeness (QED) is 0.245. The molecule has 36 heavy (non-hydrogen) atoms. The summed E-state index contributed by atoms with van der Waals surface area (Å²) in [5.74, 6) is 0. The normalized spacial score (nSPS) is 10.5. The van der Waals surface area contributed by atoms with Gasteiger partial charge in [-0.1, -0.05) is 163 Å². The van der Waals surface area contributed by atoms with E-state index in [0.29, 0.717) is 0 Å². The van der Waals surface area contributed by atoms with E-state index < -0.39 is 0 Å². The lowest BCUT2D eigenvalue weighted by Gasteiger charge is -2.20. The topological polar surface area (TPSA) is 0 Å². The molecule has 0 fully saturated rings. The van der Waals surface area contributed by atoms with Crippen molar-refractivity contribution in [3.05, 3.63) is 127 Å². The molecule has 0 saturated carbocycles. The minimum atomic E-state index is 1.12. The second kappa shape index (κ2) is 15.2. The summed E-state index contributed by atoms with van der Waals surface area (Å²) in [5.41, 5.74) is 8.18. The van der Waals surface area contributed by atoms with E-state index in [1.54, 1.807) is 0 Å². The zero-order chi connectivity index (χ0) is 26.3. The van der Waals surface area contributed by atoms with Gasteiger partial charge in [-0.15, -0.1) is 0 Å². The fourth-order valence-corrected chi connectivity index (χ4v) is 4.17. The van der Waals surface area contributed by atoms with E-state index in [2.05, 4.69) is 112 Å². The number of fused-ring (bicyclic) bond motifs is 1. The van der Waals surface area contributed by atoms with Crippen molar-refractivity contribution in [3.8, 4) is 22.3 Å². The first-order valence-electron chi connectivity index (χ1n) is 13.0. The molecular formula is C36H40. The van der Waals surface area contributed by atoms with Crippen molar-refractivity contribution in [1.82, 2.24) is 0 Å². The second-order valence-corrected chi connectivity index (χ2v) is 8.11. The average Bonchev–Trinajstić information content (AvgIpc) is 2.94. The Bertz CT molecular complexity index is 1300. The highest BCUT2D eigenvalue weighted by atomic mass is 14.2. The Morgan fingerprint density at radius 3 is 1.50 bits per heavy atom. The molecule has 0 unspecified atom stereocenters. The Labute approximate surface area is 219 Å². The lowest BCUT2D eigenvalue weighted by molar-refractivity contribution is 1.09. The van der Waals surface area contributed by atoms with Crippen LogP contribution in [0.25, 0.3) is 51.3 Å². The lowest BCUT2D eigenvalue weighted by atomic mass is 9.83. The van der Waals surface area contributed by atoms with Crippen LogP contribution < -0.4 is 0 Å².